The summed E-state index contributed by atoms with van der Waals surface area (Å²) in [5.74, 6) is 2.40. The third kappa shape index (κ3) is 5.76. The Morgan fingerprint density at radius 1 is 1.11 bits per heavy atom. The first-order valence-electron chi connectivity index (χ1n) is 10.7. The predicted molar refractivity (Wildman–Crippen MR) is 114 cm³/mol. The van der Waals surface area contributed by atoms with Gasteiger partial charge in [-0.05, 0) is 56.1 Å². The molecule has 1 heterocycles. The first kappa shape index (κ1) is 20.8. The van der Waals surface area contributed by atoms with E-state index in [2.05, 4.69) is 67.6 Å². The van der Waals surface area contributed by atoms with Crippen LogP contribution in [0.1, 0.15) is 87.3 Å². The molecule has 152 valence electrons. The molecule has 28 heavy (non-hydrogen) atoms. The summed E-state index contributed by atoms with van der Waals surface area (Å²) in [5, 5.41) is 8.95. The summed E-state index contributed by atoms with van der Waals surface area (Å²) in [6, 6.07) is 6.88. The monoisotopic (exact) mass is 381 g/mol. The Bertz CT molecular complexity index is 825. The van der Waals surface area contributed by atoms with E-state index in [0.717, 1.165) is 30.1 Å². The number of benzene rings is 1. The number of hydrogen-bond donors (Lipinski definition) is 0. The molecule has 1 aliphatic rings. The third-order valence-corrected chi connectivity index (χ3v) is 5.59. The van der Waals surface area contributed by atoms with Crippen molar-refractivity contribution >= 4 is 5.78 Å². The van der Waals surface area contributed by atoms with Crippen LogP contribution in [0, 0.1) is 19.3 Å². The molecule has 1 aliphatic carbocycles. The van der Waals surface area contributed by atoms with Crippen LogP contribution in [0.25, 0.3) is 0 Å². The number of carbonyl (C=O) groups is 1. The molecular weight excluding hydrogens is 346 g/mol. The van der Waals surface area contributed by atoms with Crippen LogP contribution in [0.2, 0.25) is 0 Å². The first-order valence-corrected chi connectivity index (χ1v) is 10.7. The second-order valence-corrected chi connectivity index (χ2v) is 9.69. The molecule has 0 aliphatic heterocycles. The number of aromatic nitrogens is 3. The van der Waals surface area contributed by atoms with Crippen molar-refractivity contribution in [3.05, 3.63) is 46.5 Å². The van der Waals surface area contributed by atoms with Crippen molar-refractivity contribution in [2.75, 3.05) is 0 Å². The topological polar surface area (TPSA) is 47.8 Å². The van der Waals surface area contributed by atoms with E-state index in [1.807, 2.05) is 0 Å². The number of aryl methyl sites for hydroxylation is 4. The fraction of sp³-hybridized carbons (Fsp3) is 0.625. The van der Waals surface area contributed by atoms with Gasteiger partial charge in [-0.25, -0.2) is 0 Å². The zero-order chi connectivity index (χ0) is 20.3. The maximum absolute atomic E-state index is 12.6. The highest BCUT2D eigenvalue weighted by molar-refractivity contribution is 5.81. The zero-order valence-corrected chi connectivity index (χ0v) is 18.2. The summed E-state index contributed by atoms with van der Waals surface area (Å²) in [4.78, 5) is 12.6. The minimum atomic E-state index is 0.284. The van der Waals surface area contributed by atoms with Gasteiger partial charge in [-0.15, -0.1) is 10.2 Å². The fourth-order valence-electron chi connectivity index (χ4n) is 3.83. The molecule has 1 fully saturated rings. The van der Waals surface area contributed by atoms with Crippen LogP contribution in [0.5, 0.6) is 0 Å². The van der Waals surface area contributed by atoms with Gasteiger partial charge in [0.05, 0.1) is 0 Å². The van der Waals surface area contributed by atoms with Gasteiger partial charge >= 0.3 is 0 Å². The summed E-state index contributed by atoms with van der Waals surface area (Å²) >= 11 is 0. The van der Waals surface area contributed by atoms with Crippen LogP contribution in [-0.2, 0) is 24.1 Å². The summed E-state index contributed by atoms with van der Waals surface area (Å²) < 4.78 is 2.34. The Kier molecular flexibility index (Phi) is 6.36. The van der Waals surface area contributed by atoms with Gasteiger partial charge in [0, 0.05) is 31.7 Å². The minimum Gasteiger partial charge on any atom is -0.312 e. The number of ketones is 1. The third-order valence-electron chi connectivity index (χ3n) is 5.59. The van der Waals surface area contributed by atoms with E-state index in [1.54, 1.807) is 0 Å². The SMILES string of the molecule is Cc1ccc(CC(=O)CCc2nnc(CCCC(C)(C)C)n2C2CC2)c(C)c1. The standard InChI is InChI=1S/C24H35N3O/c1-17-8-9-19(18(2)15-17)16-21(28)12-13-23-26-25-22(27(23)20-10-11-20)7-6-14-24(3,4)5/h8-9,15,20H,6-7,10-14,16H2,1-5H3. The number of Topliss-reactive ketones (excluding diaryl/α,β-unsaturated/α-hetero) is 1. The average molecular weight is 382 g/mol. The van der Waals surface area contributed by atoms with E-state index in [9.17, 15) is 4.79 Å². The molecule has 4 nitrogen and oxygen atoms in total. The van der Waals surface area contributed by atoms with Crippen molar-refractivity contribution in [1.82, 2.24) is 14.8 Å². The van der Waals surface area contributed by atoms with Gasteiger partial charge in [-0.2, -0.15) is 0 Å². The van der Waals surface area contributed by atoms with Gasteiger partial charge in [0.15, 0.2) is 0 Å². The van der Waals surface area contributed by atoms with E-state index in [1.165, 1.54) is 30.4 Å². The number of rotatable bonds is 9. The van der Waals surface area contributed by atoms with Crippen LogP contribution in [0.4, 0.5) is 0 Å². The Hall–Kier alpha value is -1.97. The molecule has 0 spiro atoms. The zero-order valence-electron chi connectivity index (χ0n) is 18.2. The number of carbonyl (C=O) groups excluding carboxylic acids is 1. The predicted octanol–water partition coefficient (Wildman–Crippen LogP) is 5.34. The molecule has 1 aromatic heterocycles. The van der Waals surface area contributed by atoms with Crippen LogP contribution in [0.15, 0.2) is 18.2 Å². The van der Waals surface area contributed by atoms with Gasteiger partial charge in [0.1, 0.15) is 17.4 Å². The Morgan fingerprint density at radius 2 is 1.79 bits per heavy atom. The minimum absolute atomic E-state index is 0.284. The molecule has 0 saturated heterocycles. The Balaban J connectivity index is 1.58. The first-order chi connectivity index (χ1) is 13.2. The molecule has 3 rings (SSSR count). The molecule has 0 unspecified atom stereocenters. The molecule has 0 bridgehead atoms. The smallest absolute Gasteiger partial charge is 0.137 e. The van der Waals surface area contributed by atoms with Gasteiger partial charge < -0.3 is 4.57 Å². The van der Waals surface area contributed by atoms with E-state index in [4.69, 9.17) is 0 Å². The van der Waals surface area contributed by atoms with Crippen molar-refractivity contribution in [2.24, 2.45) is 5.41 Å². The summed E-state index contributed by atoms with van der Waals surface area (Å²) in [7, 11) is 0. The lowest BCUT2D eigenvalue weighted by Gasteiger charge is -2.17. The summed E-state index contributed by atoms with van der Waals surface area (Å²) in [5.41, 5.74) is 3.94. The fourth-order valence-corrected chi connectivity index (χ4v) is 3.83. The molecule has 1 aromatic carbocycles. The molecule has 0 radical (unpaired) electrons. The van der Waals surface area contributed by atoms with Crippen LogP contribution < -0.4 is 0 Å². The van der Waals surface area contributed by atoms with E-state index in [0.29, 0.717) is 30.7 Å². The number of hydrogen-bond acceptors (Lipinski definition) is 3. The van der Waals surface area contributed by atoms with Crippen LogP contribution >= 0.6 is 0 Å². The lowest BCUT2D eigenvalue weighted by atomic mass is 9.90. The molecule has 4 heteroatoms. The quantitative estimate of drug-likeness (QED) is 0.589. The maximum atomic E-state index is 12.6. The summed E-state index contributed by atoms with van der Waals surface area (Å²) in [6.07, 6.45) is 7.50. The second-order valence-electron chi connectivity index (χ2n) is 9.69. The Labute approximate surface area is 169 Å². The summed E-state index contributed by atoms with van der Waals surface area (Å²) in [6.45, 7) is 11.0. The lowest BCUT2D eigenvalue weighted by molar-refractivity contribution is -0.118. The van der Waals surface area contributed by atoms with Crippen molar-refractivity contribution < 1.29 is 4.79 Å². The average Bonchev–Trinajstić information content (AvgIpc) is 3.36. The van der Waals surface area contributed by atoms with Gasteiger partial charge in [-0.3, -0.25) is 4.79 Å². The van der Waals surface area contributed by atoms with Crippen molar-refractivity contribution in [3.8, 4) is 0 Å². The molecule has 2 aromatic rings. The number of nitrogens with zero attached hydrogens (tertiary/aromatic N) is 3. The van der Waals surface area contributed by atoms with Crippen molar-refractivity contribution in [1.29, 1.82) is 0 Å². The van der Waals surface area contributed by atoms with Crippen molar-refractivity contribution in [2.45, 2.75) is 92.0 Å². The largest absolute Gasteiger partial charge is 0.312 e. The molecule has 0 amide bonds. The highest BCUT2D eigenvalue weighted by atomic mass is 16.1. The van der Waals surface area contributed by atoms with Gasteiger partial charge in [0.25, 0.3) is 0 Å². The lowest BCUT2D eigenvalue weighted by Crippen LogP contribution is -2.11. The van der Waals surface area contributed by atoms with Gasteiger partial charge in [-0.1, -0.05) is 44.5 Å². The van der Waals surface area contributed by atoms with Crippen LogP contribution in [-0.4, -0.2) is 20.5 Å². The van der Waals surface area contributed by atoms with E-state index >= 15 is 0 Å². The van der Waals surface area contributed by atoms with E-state index in [-0.39, 0.29) is 5.78 Å². The second kappa shape index (κ2) is 8.59. The van der Waals surface area contributed by atoms with E-state index < -0.39 is 0 Å². The van der Waals surface area contributed by atoms with Crippen molar-refractivity contribution in [3.63, 3.8) is 0 Å². The van der Waals surface area contributed by atoms with Gasteiger partial charge in [0.2, 0.25) is 0 Å². The normalized spacial score (nSPS) is 14.5. The maximum Gasteiger partial charge on any atom is 0.137 e. The van der Waals surface area contributed by atoms with Crippen LogP contribution in [0.3, 0.4) is 0 Å². The highest BCUT2D eigenvalue weighted by Gasteiger charge is 2.29. The molecule has 0 N–H and O–H groups in total. The Morgan fingerprint density at radius 3 is 2.39 bits per heavy atom. The molecule has 0 atom stereocenters. The molecule has 1 saturated carbocycles. The molecular formula is C24H35N3O. The highest BCUT2D eigenvalue weighted by Crippen LogP contribution is 2.37.